The number of nitrogens with zero attached hydrogens (tertiary/aromatic N) is 3. The highest BCUT2D eigenvalue weighted by molar-refractivity contribution is 7.86. The number of thiocarbonyl (C=S) groups is 1. The van der Waals surface area contributed by atoms with Crippen LogP contribution in [0.4, 0.5) is 0 Å². The topological polar surface area (TPSA) is 69.9 Å². The number of hydrogen-bond acceptors (Lipinski definition) is 4. The summed E-state index contributed by atoms with van der Waals surface area (Å²) in [4.78, 5) is 2.58. The molecule has 0 aliphatic carbocycles. The van der Waals surface area contributed by atoms with Gasteiger partial charge in [-0.3, -0.25) is 4.90 Å². The van der Waals surface area contributed by atoms with Gasteiger partial charge in [-0.2, -0.15) is 17.0 Å². The summed E-state index contributed by atoms with van der Waals surface area (Å²) in [6.45, 7) is 8.98. The molecule has 0 aromatic heterocycles. The third-order valence-electron chi connectivity index (χ3n) is 3.59. The second-order valence-electron chi connectivity index (χ2n) is 4.61. The zero-order valence-electron chi connectivity index (χ0n) is 11.9. The minimum atomic E-state index is -3.32. The Morgan fingerprint density at radius 3 is 2.11 bits per heavy atom. The van der Waals surface area contributed by atoms with E-state index < -0.39 is 10.2 Å². The lowest BCUT2D eigenvalue weighted by atomic mass is 10.2. The van der Waals surface area contributed by atoms with Crippen LogP contribution in [0.25, 0.3) is 0 Å². The molecule has 1 saturated heterocycles. The van der Waals surface area contributed by atoms with E-state index >= 15 is 0 Å². The number of nitrogens with two attached hydrogens (primary N) is 1. The number of piperazine rings is 1. The summed E-state index contributed by atoms with van der Waals surface area (Å²) in [5.74, 6) is 0. The van der Waals surface area contributed by atoms with E-state index in [1.54, 1.807) is 4.31 Å². The van der Waals surface area contributed by atoms with E-state index in [1.807, 2.05) is 20.8 Å². The van der Waals surface area contributed by atoms with Crippen LogP contribution < -0.4 is 5.73 Å². The van der Waals surface area contributed by atoms with E-state index in [9.17, 15) is 8.42 Å². The van der Waals surface area contributed by atoms with Gasteiger partial charge in [-0.25, -0.2) is 0 Å². The van der Waals surface area contributed by atoms with Gasteiger partial charge in [-0.05, 0) is 6.92 Å². The predicted molar refractivity (Wildman–Crippen MR) is 81.2 cm³/mol. The van der Waals surface area contributed by atoms with Crippen molar-refractivity contribution >= 4 is 27.4 Å². The monoisotopic (exact) mass is 308 g/mol. The zero-order valence-corrected chi connectivity index (χ0v) is 13.5. The van der Waals surface area contributed by atoms with Crippen molar-refractivity contribution in [1.82, 2.24) is 13.5 Å². The molecule has 1 fully saturated rings. The van der Waals surface area contributed by atoms with Gasteiger partial charge in [-0.1, -0.05) is 26.1 Å². The SMILES string of the molecule is CCN(CC)S(=O)(=O)N1CCN(C(C)C(N)=S)CC1. The average Bonchev–Trinajstić information content (AvgIpc) is 2.39. The van der Waals surface area contributed by atoms with E-state index in [1.165, 1.54) is 4.31 Å². The summed E-state index contributed by atoms with van der Waals surface area (Å²) in [5.41, 5.74) is 5.63. The largest absolute Gasteiger partial charge is 0.392 e. The zero-order chi connectivity index (χ0) is 14.6. The lowest BCUT2D eigenvalue weighted by Gasteiger charge is -2.38. The van der Waals surface area contributed by atoms with Crippen molar-refractivity contribution < 1.29 is 8.42 Å². The highest BCUT2D eigenvalue weighted by atomic mass is 32.2. The minimum Gasteiger partial charge on any atom is -0.392 e. The van der Waals surface area contributed by atoms with Gasteiger partial charge in [0.2, 0.25) is 0 Å². The summed E-state index contributed by atoms with van der Waals surface area (Å²) in [6, 6.07) is 0.0216. The standard InChI is InChI=1S/C11H24N4O2S2/c1-4-14(5-2)19(16,17)15-8-6-13(7-9-15)10(3)11(12)18/h10H,4-9H2,1-3H3,(H2,12,18). The normalized spacial score (nSPS) is 20.6. The molecule has 2 N–H and O–H groups in total. The Balaban J connectivity index is 2.66. The summed E-state index contributed by atoms with van der Waals surface area (Å²) in [6.07, 6.45) is 0. The van der Waals surface area contributed by atoms with Crippen LogP contribution in [0.3, 0.4) is 0 Å². The molecule has 1 rings (SSSR count). The first kappa shape index (κ1) is 16.8. The molecule has 1 unspecified atom stereocenters. The smallest absolute Gasteiger partial charge is 0.282 e. The lowest BCUT2D eigenvalue weighted by Crippen LogP contribution is -2.56. The van der Waals surface area contributed by atoms with Gasteiger partial charge in [0.15, 0.2) is 0 Å². The van der Waals surface area contributed by atoms with Crippen molar-refractivity contribution in [2.24, 2.45) is 5.73 Å². The third kappa shape index (κ3) is 3.85. The van der Waals surface area contributed by atoms with Gasteiger partial charge in [0, 0.05) is 39.3 Å². The van der Waals surface area contributed by atoms with Gasteiger partial charge in [-0.15, -0.1) is 0 Å². The Morgan fingerprint density at radius 1 is 1.26 bits per heavy atom. The summed E-state index contributed by atoms with van der Waals surface area (Å²) < 4.78 is 27.7. The van der Waals surface area contributed by atoms with Crippen molar-refractivity contribution in [3.8, 4) is 0 Å². The molecule has 0 bridgehead atoms. The molecule has 0 saturated carbocycles. The van der Waals surface area contributed by atoms with E-state index in [0.717, 1.165) is 0 Å². The molecule has 1 aliphatic heterocycles. The van der Waals surface area contributed by atoms with Gasteiger partial charge in [0.1, 0.15) is 0 Å². The molecule has 0 spiro atoms. The van der Waals surface area contributed by atoms with Crippen LogP contribution in [0.1, 0.15) is 20.8 Å². The second kappa shape index (κ2) is 6.94. The van der Waals surface area contributed by atoms with E-state index in [0.29, 0.717) is 44.3 Å². The maximum atomic E-state index is 12.3. The average molecular weight is 308 g/mol. The fourth-order valence-corrected chi connectivity index (χ4v) is 3.97. The molecule has 1 atom stereocenters. The Bertz CT molecular complexity index is 401. The van der Waals surface area contributed by atoms with E-state index in [4.69, 9.17) is 18.0 Å². The molecule has 0 aromatic carbocycles. The maximum Gasteiger partial charge on any atom is 0.282 e. The summed E-state index contributed by atoms with van der Waals surface area (Å²) in [5, 5.41) is 0. The summed E-state index contributed by atoms with van der Waals surface area (Å²) in [7, 11) is -3.32. The van der Waals surface area contributed by atoms with Crippen molar-refractivity contribution in [2.75, 3.05) is 39.3 Å². The number of hydrogen-bond donors (Lipinski definition) is 1. The molecular weight excluding hydrogens is 284 g/mol. The van der Waals surface area contributed by atoms with Crippen molar-refractivity contribution in [2.45, 2.75) is 26.8 Å². The molecular formula is C11H24N4O2S2. The molecule has 0 aromatic rings. The number of rotatable bonds is 6. The molecule has 1 heterocycles. The van der Waals surface area contributed by atoms with E-state index in [-0.39, 0.29) is 6.04 Å². The lowest BCUT2D eigenvalue weighted by molar-refractivity contribution is 0.169. The van der Waals surface area contributed by atoms with Crippen LogP contribution in [0, 0.1) is 0 Å². The highest BCUT2D eigenvalue weighted by Crippen LogP contribution is 2.13. The van der Waals surface area contributed by atoms with Crippen LogP contribution in [0.15, 0.2) is 0 Å². The molecule has 1 aliphatic rings. The van der Waals surface area contributed by atoms with E-state index in [2.05, 4.69) is 4.90 Å². The van der Waals surface area contributed by atoms with Crippen molar-refractivity contribution in [3.05, 3.63) is 0 Å². The van der Waals surface area contributed by atoms with Crippen LogP contribution in [0.5, 0.6) is 0 Å². The summed E-state index contributed by atoms with van der Waals surface area (Å²) >= 11 is 4.98. The van der Waals surface area contributed by atoms with Gasteiger partial charge >= 0.3 is 0 Å². The fraction of sp³-hybridized carbons (Fsp3) is 0.909. The molecule has 19 heavy (non-hydrogen) atoms. The first-order valence-electron chi connectivity index (χ1n) is 6.63. The molecule has 112 valence electrons. The Hall–Kier alpha value is -0.280. The van der Waals surface area contributed by atoms with Crippen LogP contribution >= 0.6 is 12.2 Å². The third-order valence-corrected chi connectivity index (χ3v) is 6.12. The molecule has 0 radical (unpaired) electrons. The highest BCUT2D eigenvalue weighted by Gasteiger charge is 2.32. The second-order valence-corrected chi connectivity index (χ2v) is 7.01. The Labute approximate surface area is 121 Å². The predicted octanol–water partition coefficient (Wildman–Crippen LogP) is -0.135. The van der Waals surface area contributed by atoms with Crippen LogP contribution in [-0.4, -0.2) is 72.2 Å². The van der Waals surface area contributed by atoms with Crippen LogP contribution in [0.2, 0.25) is 0 Å². The first-order valence-corrected chi connectivity index (χ1v) is 8.43. The van der Waals surface area contributed by atoms with Crippen molar-refractivity contribution in [3.63, 3.8) is 0 Å². The Morgan fingerprint density at radius 2 is 1.74 bits per heavy atom. The van der Waals surface area contributed by atoms with Crippen molar-refractivity contribution in [1.29, 1.82) is 0 Å². The fourth-order valence-electron chi connectivity index (χ4n) is 2.21. The quantitative estimate of drug-likeness (QED) is 0.692. The van der Waals surface area contributed by atoms with Crippen LogP contribution in [-0.2, 0) is 10.2 Å². The molecule has 0 amide bonds. The van der Waals surface area contributed by atoms with Gasteiger partial charge in [0.25, 0.3) is 10.2 Å². The molecule has 8 heteroatoms. The van der Waals surface area contributed by atoms with Gasteiger partial charge in [0.05, 0.1) is 11.0 Å². The minimum absolute atomic E-state index is 0.0216. The first-order chi connectivity index (χ1) is 8.84. The molecule has 6 nitrogen and oxygen atoms in total. The van der Waals surface area contributed by atoms with Gasteiger partial charge < -0.3 is 5.73 Å². The maximum absolute atomic E-state index is 12.3. The Kier molecular flexibility index (Phi) is 6.13.